The van der Waals surface area contributed by atoms with Crippen LogP contribution in [0, 0.1) is 0 Å². The Kier molecular flexibility index (Phi) is 4.31. The summed E-state index contributed by atoms with van der Waals surface area (Å²) in [6, 6.07) is 12.8. The van der Waals surface area contributed by atoms with E-state index in [-0.39, 0.29) is 6.03 Å². The molecule has 8 heteroatoms. The largest absolute Gasteiger partial charge is 0.495 e. The Labute approximate surface area is 172 Å². The highest BCUT2D eigenvalue weighted by Gasteiger charge is 2.23. The van der Waals surface area contributed by atoms with Crippen LogP contribution >= 0.6 is 0 Å². The first kappa shape index (κ1) is 18.1. The molecule has 0 saturated heterocycles. The number of urea groups is 1. The van der Waals surface area contributed by atoms with Crippen molar-refractivity contribution in [2.75, 3.05) is 18.2 Å². The number of H-pyrrole nitrogens is 1. The summed E-state index contributed by atoms with van der Waals surface area (Å²) in [6.45, 7) is 0. The molecule has 2 aromatic heterocycles. The number of nitrogens with two attached hydrogens (primary N) is 1. The fourth-order valence-electron chi connectivity index (χ4n) is 3.38. The number of nitrogens with one attached hydrogen (secondary N) is 3. The summed E-state index contributed by atoms with van der Waals surface area (Å²) in [5.41, 5.74) is 9.68. The molecule has 1 fully saturated rings. The summed E-state index contributed by atoms with van der Waals surface area (Å²) in [5.74, 6) is 1.89. The number of pyridine rings is 1. The summed E-state index contributed by atoms with van der Waals surface area (Å²) in [5, 5.41) is 6.62. The number of aromatic amines is 1. The van der Waals surface area contributed by atoms with Crippen LogP contribution < -0.4 is 25.8 Å². The number of fused-ring (bicyclic) bond motifs is 3. The minimum atomic E-state index is -0.185. The van der Waals surface area contributed by atoms with Gasteiger partial charge in [-0.1, -0.05) is 0 Å². The third-order valence-corrected chi connectivity index (χ3v) is 5.05. The Bertz CT molecular complexity index is 1250. The molecule has 8 nitrogen and oxygen atoms in total. The van der Waals surface area contributed by atoms with E-state index in [4.69, 9.17) is 15.2 Å². The van der Waals surface area contributed by atoms with E-state index in [2.05, 4.69) is 20.6 Å². The number of ether oxygens (including phenoxy) is 2. The fraction of sp³-hybridized carbons (Fsp3) is 0.182. The molecule has 0 aliphatic heterocycles. The monoisotopic (exact) mass is 403 g/mol. The van der Waals surface area contributed by atoms with E-state index in [1.807, 2.05) is 24.3 Å². The first-order valence-electron chi connectivity index (χ1n) is 9.70. The van der Waals surface area contributed by atoms with Crippen LogP contribution in [-0.4, -0.2) is 29.2 Å². The van der Waals surface area contributed by atoms with E-state index in [0.717, 1.165) is 34.8 Å². The summed E-state index contributed by atoms with van der Waals surface area (Å²) < 4.78 is 11.4. The van der Waals surface area contributed by atoms with Crippen molar-refractivity contribution in [2.24, 2.45) is 0 Å². The lowest BCUT2D eigenvalue weighted by Crippen LogP contribution is -2.30. The van der Waals surface area contributed by atoms with Gasteiger partial charge in [0.2, 0.25) is 0 Å². The highest BCUT2D eigenvalue weighted by atomic mass is 16.5. The van der Waals surface area contributed by atoms with Crippen molar-refractivity contribution in [3.05, 3.63) is 48.7 Å². The van der Waals surface area contributed by atoms with Gasteiger partial charge in [-0.3, -0.25) is 4.98 Å². The van der Waals surface area contributed by atoms with Gasteiger partial charge in [-0.25, -0.2) is 4.79 Å². The highest BCUT2D eigenvalue weighted by Crippen LogP contribution is 2.36. The normalized spacial score (nSPS) is 13.4. The van der Waals surface area contributed by atoms with E-state index in [0.29, 0.717) is 34.7 Å². The number of aromatic nitrogens is 2. The summed E-state index contributed by atoms with van der Waals surface area (Å²) >= 11 is 0. The van der Waals surface area contributed by atoms with Crippen molar-refractivity contribution >= 4 is 39.3 Å². The Balaban J connectivity index is 1.40. The van der Waals surface area contributed by atoms with Crippen LogP contribution in [0.5, 0.6) is 17.2 Å². The number of hydrogen-bond donors (Lipinski definition) is 4. The van der Waals surface area contributed by atoms with Crippen molar-refractivity contribution in [3.63, 3.8) is 0 Å². The van der Waals surface area contributed by atoms with Gasteiger partial charge in [-0.05, 0) is 49.2 Å². The summed E-state index contributed by atoms with van der Waals surface area (Å²) in [4.78, 5) is 19.7. The standard InChI is InChI=1S/C22H21N5O3/c1-29-19-10-15-17(11-16(19)23)27-21-18(8-9-24-20(15)21)30-14-6-4-13(5-7-14)26-22(28)25-12-2-3-12/h4-12,27H,2-3,23H2,1H3,(H2,25,26,28). The molecule has 0 spiro atoms. The molecule has 5 N–H and O–H groups in total. The van der Waals surface area contributed by atoms with Crippen LogP contribution in [0.4, 0.5) is 16.2 Å². The quantitative estimate of drug-likeness (QED) is 0.369. The predicted molar refractivity (Wildman–Crippen MR) is 116 cm³/mol. The molecule has 0 atom stereocenters. The second kappa shape index (κ2) is 7.14. The molecule has 0 bridgehead atoms. The van der Waals surface area contributed by atoms with Gasteiger partial charge >= 0.3 is 6.03 Å². The second-order valence-electron chi connectivity index (χ2n) is 7.30. The zero-order valence-corrected chi connectivity index (χ0v) is 16.4. The van der Waals surface area contributed by atoms with Crippen LogP contribution in [0.3, 0.4) is 0 Å². The van der Waals surface area contributed by atoms with Crippen LogP contribution in [0.15, 0.2) is 48.7 Å². The number of benzene rings is 2. The molecule has 152 valence electrons. The SMILES string of the molecule is COc1cc2c(cc1N)[nH]c1c(Oc3ccc(NC(=O)NC4CC4)cc3)ccnc12. The van der Waals surface area contributed by atoms with Gasteiger partial charge in [0.1, 0.15) is 17.0 Å². The number of amides is 2. The molecular weight excluding hydrogens is 382 g/mol. The number of rotatable bonds is 5. The van der Waals surface area contributed by atoms with Gasteiger partial charge < -0.3 is 30.8 Å². The fourth-order valence-corrected chi connectivity index (χ4v) is 3.38. The van der Waals surface area contributed by atoms with Crippen molar-refractivity contribution in [3.8, 4) is 17.2 Å². The first-order chi connectivity index (χ1) is 14.6. The molecule has 0 unspecified atom stereocenters. The minimum Gasteiger partial charge on any atom is -0.495 e. The number of nitrogens with zero attached hydrogens (tertiary/aromatic N) is 1. The van der Waals surface area contributed by atoms with Crippen LogP contribution in [0.1, 0.15) is 12.8 Å². The van der Waals surface area contributed by atoms with Gasteiger partial charge in [0, 0.05) is 29.4 Å². The molecule has 30 heavy (non-hydrogen) atoms. The zero-order chi connectivity index (χ0) is 20.7. The number of carbonyl (C=O) groups is 1. The van der Waals surface area contributed by atoms with E-state index in [9.17, 15) is 4.79 Å². The smallest absolute Gasteiger partial charge is 0.319 e. The van der Waals surface area contributed by atoms with Gasteiger partial charge in [-0.2, -0.15) is 0 Å². The van der Waals surface area contributed by atoms with Gasteiger partial charge in [0.15, 0.2) is 5.75 Å². The Morgan fingerprint density at radius 1 is 1.17 bits per heavy atom. The van der Waals surface area contributed by atoms with E-state index >= 15 is 0 Å². The van der Waals surface area contributed by atoms with Crippen LogP contribution in [0.2, 0.25) is 0 Å². The van der Waals surface area contributed by atoms with Gasteiger partial charge in [0.05, 0.1) is 23.8 Å². The third kappa shape index (κ3) is 3.43. The van der Waals surface area contributed by atoms with Crippen molar-refractivity contribution in [1.29, 1.82) is 0 Å². The topological polar surface area (TPSA) is 114 Å². The lowest BCUT2D eigenvalue weighted by Gasteiger charge is -2.09. The summed E-state index contributed by atoms with van der Waals surface area (Å²) in [7, 11) is 1.59. The molecule has 4 aromatic rings. The van der Waals surface area contributed by atoms with E-state index in [1.54, 1.807) is 31.5 Å². The van der Waals surface area contributed by atoms with Crippen LogP contribution in [0.25, 0.3) is 21.9 Å². The number of carbonyl (C=O) groups excluding carboxylic acids is 1. The van der Waals surface area contributed by atoms with Gasteiger partial charge in [-0.15, -0.1) is 0 Å². The lowest BCUT2D eigenvalue weighted by molar-refractivity contribution is 0.251. The average molecular weight is 403 g/mol. The van der Waals surface area contributed by atoms with E-state index in [1.165, 1.54) is 0 Å². The number of hydrogen-bond acceptors (Lipinski definition) is 5. The average Bonchev–Trinajstić information content (AvgIpc) is 3.47. The number of methoxy groups -OCH3 is 1. The maximum Gasteiger partial charge on any atom is 0.319 e. The maximum atomic E-state index is 11.9. The molecule has 2 heterocycles. The molecular formula is C22H21N5O3. The minimum absolute atomic E-state index is 0.185. The third-order valence-electron chi connectivity index (χ3n) is 5.05. The Hall–Kier alpha value is -3.94. The van der Waals surface area contributed by atoms with E-state index < -0.39 is 0 Å². The van der Waals surface area contributed by atoms with Crippen LogP contribution in [-0.2, 0) is 0 Å². The van der Waals surface area contributed by atoms with Crippen molar-refractivity contribution < 1.29 is 14.3 Å². The first-order valence-corrected chi connectivity index (χ1v) is 9.70. The molecule has 2 amide bonds. The molecule has 0 radical (unpaired) electrons. The second-order valence-corrected chi connectivity index (χ2v) is 7.30. The molecule has 2 aromatic carbocycles. The molecule has 1 aliphatic rings. The maximum absolute atomic E-state index is 11.9. The molecule has 5 rings (SSSR count). The number of anilines is 2. The summed E-state index contributed by atoms with van der Waals surface area (Å²) in [6.07, 6.45) is 3.80. The zero-order valence-electron chi connectivity index (χ0n) is 16.4. The number of nitrogen functional groups attached to an aromatic ring is 1. The van der Waals surface area contributed by atoms with Crippen molar-refractivity contribution in [1.82, 2.24) is 15.3 Å². The molecule has 1 saturated carbocycles. The highest BCUT2D eigenvalue weighted by molar-refractivity contribution is 6.08. The predicted octanol–water partition coefficient (Wildman–Crippen LogP) is 4.38. The molecule has 1 aliphatic carbocycles. The lowest BCUT2D eigenvalue weighted by atomic mass is 10.2. The van der Waals surface area contributed by atoms with Crippen molar-refractivity contribution in [2.45, 2.75) is 18.9 Å². The van der Waals surface area contributed by atoms with Gasteiger partial charge in [0.25, 0.3) is 0 Å². The Morgan fingerprint density at radius 2 is 1.97 bits per heavy atom. The Morgan fingerprint density at radius 3 is 2.70 bits per heavy atom.